The van der Waals surface area contributed by atoms with E-state index in [0.717, 1.165) is 23.1 Å². The van der Waals surface area contributed by atoms with Gasteiger partial charge in [-0.1, -0.05) is 19.9 Å². The number of esters is 1. The highest BCUT2D eigenvalue weighted by Crippen LogP contribution is 2.16. The number of rotatable bonds is 7. The molecule has 0 saturated carbocycles. The van der Waals surface area contributed by atoms with Crippen LogP contribution in [0.5, 0.6) is 5.75 Å². The van der Waals surface area contributed by atoms with Crippen molar-refractivity contribution in [2.24, 2.45) is 5.92 Å². The van der Waals surface area contributed by atoms with Crippen molar-refractivity contribution in [1.29, 1.82) is 0 Å². The van der Waals surface area contributed by atoms with Crippen LogP contribution < -0.4 is 10.1 Å². The zero-order chi connectivity index (χ0) is 18.4. The van der Waals surface area contributed by atoms with Gasteiger partial charge in [-0.3, -0.25) is 4.79 Å². The first-order valence-corrected chi connectivity index (χ1v) is 8.55. The van der Waals surface area contributed by atoms with E-state index in [1.807, 2.05) is 20.8 Å². The number of amides is 1. The fourth-order valence-corrected chi connectivity index (χ4v) is 2.66. The van der Waals surface area contributed by atoms with Crippen molar-refractivity contribution in [2.45, 2.75) is 33.4 Å². The first kappa shape index (κ1) is 18.9. The lowest BCUT2D eigenvalue weighted by atomic mass is 10.0. The van der Waals surface area contributed by atoms with Gasteiger partial charge in [0.15, 0.2) is 0 Å². The lowest BCUT2D eigenvalue weighted by Gasteiger charge is -2.19. The molecule has 0 aliphatic heterocycles. The molecule has 1 N–H and O–H groups in total. The Hall–Kier alpha value is -2.48. The van der Waals surface area contributed by atoms with Crippen LogP contribution in [0, 0.1) is 12.8 Å². The molecule has 2 rings (SSSR count). The first-order chi connectivity index (χ1) is 11.9. The van der Waals surface area contributed by atoms with Gasteiger partial charge < -0.3 is 14.8 Å². The van der Waals surface area contributed by atoms with E-state index in [1.165, 1.54) is 7.11 Å². The molecule has 0 spiro atoms. The second-order valence-electron chi connectivity index (χ2n) is 5.83. The number of nitrogens with one attached hydrogen (secondary N) is 1. The molecule has 2 aromatic rings. The minimum atomic E-state index is -0.703. The maximum atomic E-state index is 12.4. The van der Waals surface area contributed by atoms with Crippen molar-refractivity contribution in [1.82, 2.24) is 14.1 Å². The smallest absolute Gasteiger partial charge is 0.328 e. The van der Waals surface area contributed by atoms with Crippen molar-refractivity contribution in [3.05, 3.63) is 41.2 Å². The van der Waals surface area contributed by atoms with Crippen LogP contribution in [-0.4, -0.2) is 33.8 Å². The van der Waals surface area contributed by atoms with E-state index in [4.69, 9.17) is 9.47 Å². The molecular weight excluding hydrogens is 342 g/mol. The van der Waals surface area contributed by atoms with Gasteiger partial charge in [0.25, 0.3) is 5.91 Å². The SMILES string of the molecule is COC(=O)C(NC(=O)c1cccc(OCc2nsnc2C)c1)C(C)C. The van der Waals surface area contributed by atoms with Crippen LogP contribution in [0.25, 0.3) is 0 Å². The lowest BCUT2D eigenvalue weighted by molar-refractivity contribution is -0.144. The summed E-state index contributed by atoms with van der Waals surface area (Å²) in [7, 11) is 1.30. The summed E-state index contributed by atoms with van der Waals surface area (Å²) in [5, 5.41) is 2.70. The second-order valence-corrected chi connectivity index (χ2v) is 6.36. The number of aromatic nitrogens is 2. The number of hydrogen-bond acceptors (Lipinski definition) is 7. The third kappa shape index (κ3) is 4.99. The number of ether oxygens (including phenoxy) is 2. The monoisotopic (exact) mass is 363 g/mol. The van der Waals surface area contributed by atoms with Crippen LogP contribution in [-0.2, 0) is 16.1 Å². The van der Waals surface area contributed by atoms with E-state index >= 15 is 0 Å². The topological polar surface area (TPSA) is 90.4 Å². The number of hydrogen-bond donors (Lipinski definition) is 1. The summed E-state index contributed by atoms with van der Waals surface area (Å²) in [5.41, 5.74) is 2.00. The molecule has 7 nitrogen and oxygen atoms in total. The molecule has 1 unspecified atom stereocenters. The summed E-state index contributed by atoms with van der Waals surface area (Å²) in [6.07, 6.45) is 0. The van der Waals surface area contributed by atoms with Crippen molar-refractivity contribution in [3.8, 4) is 5.75 Å². The van der Waals surface area contributed by atoms with Crippen LogP contribution in [0.2, 0.25) is 0 Å². The molecule has 1 heterocycles. The van der Waals surface area contributed by atoms with Gasteiger partial charge in [0, 0.05) is 5.56 Å². The van der Waals surface area contributed by atoms with Crippen LogP contribution >= 0.6 is 11.7 Å². The Morgan fingerprint density at radius 2 is 2.04 bits per heavy atom. The highest BCUT2D eigenvalue weighted by atomic mass is 32.1. The Bertz CT molecular complexity index is 745. The number of aryl methyl sites for hydroxylation is 1. The maximum Gasteiger partial charge on any atom is 0.328 e. The normalized spacial score (nSPS) is 11.9. The standard InChI is InChI=1S/C17H21N3O4S/c1-10(2)15(17(22)23-4)18-16(21)12-6-5-7-13(8-12)24-9-14-11(3)19-25-20-14/h5-8,10,15H,9H2,1-4H3,(H,18,21). The molecule has 0 bridgehead atoms. The third-order valence-corrected chi connectivity index (χ3v) is 4.28. The Kier molecular flexibility index (Phi) is 6.46. The fourth-order valence-electron chi connectivity index (χ4n) is 2.11. The lowest BCUT2D eigenvalue weighted by Crippen LogP contribution is -2.45. The molecule has 1 aromatic carbocycles. The molecule has 0 fully saturated rings. The summed E-state index contributed by atoms with van der Waals surface area (Å²) < 4.78 is 18.7. The molecule has 0 aliphatic rings. The van der Waals surface area contributed by atoms with E-state index in [1.54, 1.807) is 24.3 Å². The van der Waals surface area contributed by atoms with Crippen molar-refractivity contribution in [2.75, 3.05) is 7.11 Å². The van der Waals surface area contributed by atoms with Gasteiger partial charge in [0.1, 0.15) is 24.1 Å². The van der Waals surface area contributed by atoms with Crippen LogP contribution in [0.1, 0.15) is 35.6 Å². The van der Waals surface area contributed by atoms with Crippen molar-refractivity contribution >= 4 is 23.6 Å². The summed E-state index contributed by atoms with van der Waals surface area (Å²) in [5.74, 6) is -0.376. The minimum Gasteiger partial charge on any atom is -0.487 e. The quantitative estimate of drug-likeness (QED) is 0.760. The Morgan fingerprint density at radius 3 is 2.64 bits per heavy atom. The zero-order valence-corrected chi connectivity index (χ0v) is 15.4. The number of carbonyl (C=O) groups excluding carboxylic acids is 2. The molecular formula is C17H21N3O4S. The molecule has 1 amide bonds. The highest BCUT2D eigenvalue weighted by molar-refractivity contribution is 6.99. The van der Waals surface area contributed by atoms with Gasteiger partial charge >= 0.3 is 5.97 Å². The molecule has 0 radical (unpaired) electrons. The molecule has 1 atom stereocenters. The Balaban J connectivity index is 2.05. The summed E-state index contributed by atoms with van der Waals surface area (Å²) in [6.45, 7) is 5.83. The summed E-state index contributed by atoms with van der Waals surface area (Å²) in [6, 6.07) is 6.06. The highest BCUT2D eigenvalue weighted by Gasteiger charge is 2.25. The third-order valence-electron chi connectivity index (χ3n) is 3.63. The number of benzene rings is 1. The molecule has 134 valence electrons. The Labute approximate surface area is 150 Å². The summed E-state index contributed by atoms with van der Waals surface area (Å²) >= 11 is 1.14. The van der Waals surface area contributed by atoms with Crippen molar-refractivity contribution < 1.29 is 19.1 Å². The predicted octanol–water partition coefficient (Wildman–Crippen LogP) is 2.35. The van der Waals surface area contributed by atoms with E-state index < -0.39 is 12.0 Å². The number of nitrogens with zero attached hydrogens (tertiary/aromatic N) is 2. The van der Waals surface area contributed by atoms with E-state index in [-0.39, 0.29) is 18.4 Å². The van der Waals surface area contributed by atoms with Crippen LogP contribution in [0.15, 0.2) is 24.3 Å². The molecule has 0 aliphatic carbocycles. The van der Waals surface area contributed by atoms with E-state index in [0.29, 0.717) is 11.3 Å². The average Bonchev–Trinajstić information content (AvgIpc) is 3.02. The largest absolute Gasteiger partial charge is 0.487 e. The van der Waals surface area contributed by atoms with E-state index in [9.17, 15) is 9.59 Å². The average molecular weight is 363 g/mol. The van der Waals surface area contributed by atoms with Gasteiger partial charge in [-0.15, -0.1) is 0 Å². The maximum absolute atomic E-state index is 12.4. The molecule has 8 heteroatoms. The predicted molar refractivity (Wildman–Crippen MR) is 93.5 cm³/mol. The first-order valence-electron chi connectivity index (χ1n) is 7.82. The molecule has 1 aromatic heterocycles. The van der Waals surface area contributed by atoms with Gasteiger partial charge in [0.05, 0.1) is 24.5 Å². The second kappa shape index (κ2) is 8.57. The van der Waals surface area contributed by atoms with Crippen LogP contribution in [0.3, 0.4) is 0 Å². The van der Waals surface area contributed by atoms with Gasteiger partial charge in [0.2, 0.25) is 0 Å². The summed E-state index contributed by atoms with van der Waals surface area (Å²) in [4.78, 5) is 24.2. The van der Waals surface area contributed by atoms with Gasteiger partial charge in [-0.25, -0.2) is 4.79 Å². The minimum absolute atomic E-state index is 0.0871. The molecule has 25 heavy (non-hydrogen) atoms. The van der Waals surface area contributed by atoms with Gasteiger partial charge in [-0.2, -0.15) is 8.75 Å². The zero-order valence-electron chi connectivity index (χ0n) is 14.6. The van der Waals surface area contributed by atoms with E-state index in [2.05, 4.69) is 14.1 Å². The van der Waals surface area contributed by atoms with Crippen molar-refractivity contribution in [3.63, 3.8) is 0 Å². The Morgan fingerprint density at radius 1 is 1.28 bits per heavy atom. The number of carbonyl (C=O) groups is 2. The molecule has 0 saturated heterocycles. The fraction of sp³-hybridized carbons (Fsp3) is 0.412. The van der Waals surface area contributed by atoms with Gasteiger partial charge in [-0.05, 0) is 31.0 Å². The van der Waals surface area contributed by atoms with Crippen LogP contribution in [0.4, 0.5) is 0 Å². The number of methoxy groups -OCH3 is 1.